The number of hydrogen-bond acceptors (Lipinski definition) is 5. The van der Waals surface area contributed by atoms with E-state index in [2.05, 4.69) is 39.1 Å². The molecule has 7 rings (SSSR count). The first-order valence-electron chi connectivity index (χ1n) is 10.8. The van der Waals surface area contributed by atoms with Crippen LogP contribution in [0.2, 0.25) is 0 Å². The number of pyridine rings is 2. The van der Waals surface area contributed by atoms with Crippen LogP contribution in [0.15, 0.2) is 112 Å². The van der Waals surface area contributed by atoms with E-state index in [0.717, 1.165) is 55.5 Å². The van der Waals surface area contributed by atoms with Crippen molar-refractivity contribution in [2.75, 3.05) is 4.90 Å². The summed E-state index contributed by atoms with van der Waals surface area (Å²) < 4.78 is 12.3. The van der Waals surface area contributed by atoms with Gasteiger partial charge in [0.2, 0.25) is 5.71 Å². The van der Waals surface area contributed by atoms with Crippen LogP contribution in [-0.4, -0.2) is 9.97 Å². The van der Waals surface area contributed by atoms with Gasteiger partial charge in [-0.15, -0.1) is 0 Å². The van der Waals surface area contributed by atoms with Gasteiger partial charge in [0.05, 0.1) is 5.69 Å². The van der Waals surface area contributed by atoms with Crippen molar-refractivity contribution in [2.45, 2.75) is 0 Å². The maximum absolute atomic E-state index is 6.32. The normalized spacial score (nSPS) is 11.6. The lowest BCUT2D eigenvalue weighted by atomic mass is 10.1. The zero-order chi connectivity index (χ0) is 21.8. The van der Waals surface area contributed by atoms with Gasteiger partial charge in [-0.2, -0.15) is 0 Å². The standard InChI is InChI=1S/C28H17N3O2/c1-2-7-18(8-3-1)31(19-12-13-25-22(17-19)20-10-6-15-30-28(20)33-25)23-14-16-29-26-21-9-4-5-11-24(21)32-27(23)26/h1-17H. The van der Waals surface area contributed by atoms with Gasteiger partial charge in [0.15, 0.2) is 5.58 Å². The molecule has 0 aliphatic rings. The Morgan fingerprint density at radius 1 is 0.576 bits per heavy atom. The van der Waals surface area contributed by atoms with E-state index in [1.54, 1.807) is 6.20 Å². The summed E-state index contributed by atoms with van der Waals surface area (Å²) in [6.45, 7) is 0. The second-order valence-corrected chi connectivity index (χ2v) is 7.92. The van der Waals surface area contributed by atoms with E-state index in [-0.39, 0.29) is 0 Å². The minimum Gasteiger partial charge on any atom is -0.452 e. The van der Waals surface area contributed by atoms with Gasteiger partial charge in [0.25, 0.3) is 0 Å². The van der Waals surface area contributed by atoms with Gasteiger partial charge in [0.1, 0.15) is 16.7 Å². The van der Waals surface area contributed by atoms with E-state index in [1.807, 2.05) is 72.9 Å². The molecule has 0 amide bonds. The number of benzene rings is 3. The van der Waals surface area contributed by atoms with Gasteiger partial charge in [-0.05, 0) is 60.7 Å². The zero-order valence-corrected chi connectivity index (χ0v) is 17.5. The fourth-order valence-corrected chi connectivity index (χ4v) is 4.51. The van der Waals surface area contributed by atoms with Gasteiger partial charge in [-0.3, -0.25) is 4.98 Å². The largest absolute Gasteiger partial charge is 0.452 e. The second kappa shape index (κ2) is 6.93. The molecule has 3 aromatic carbocycles. The molecule has 5 nitrogen and oxygen atoms in total. The van der Waals surface area contributed by atoms with E-state index in [1.165, 1.54) is 0 Å². The van der Waals surface area contributed by atoms with Gasteiger partial charge in [0, 0.05) is 39.9 Å². The quantitative estimate of drug-likeness (QED) is 0.289. The van der Waals surface area contributed by atoms with Crippen molar-refractivity contribution in [3.8, 4) is 0 Å². The van der Waals surface area contributed by atoms with Crippen LogP contribution in [0.3, 0.4) is 0 Å². The molecule has 4 heterocycles. The van der Waals surface area contributed by atoms with Crippen molar-refractivity contribution < 1.29 is 8.83 Å². The van der Waals surface area contributed by atoms with Crippen LogP contribution in [0.1, 0.15) is 0 Å². The van der Waals surface area contributed by atoms with Gasteiger partial charge >= 0.3 is 0 Å². The predicted molar refractivity (Wildman–Crippen MR) is 131 cm³/mol. The molecule has 0 spiro atoms. The van der Waals surface area contributed by atoms with Crippen LogP contribution < -0.4 is 4.90 Å². The molecule has 5 heteroatoms. The molecule has 0 aliphatic heterocycles. The molecule has 0 radical (unpaired) electrons. The molecule has 156 valence electrons. The fraction of sp³-hybridized carbons (Fsp3) is 0. The monoisotopic (exact) mass is 427 g/mol. The Balaban J connectivity index is 1.53. The van der Waals surface area contributed by atoms with E-state index >= 15 is 0 Å². The highest BCUT2D eigenvalue weighted by Gasteiger charge is 2.20. The molecule has 0 unspecified atom stereocenters. The molecule has 0 saturated heterocycles. The highest BCUT2D eigenvalue weighted by atomic mass is 16.3. The molecule has 0 bridgehead atoms. The van der Waals surface area contributed by atoms with E-state index < -0.39 is 0 Å². The summed E-state index contributed by atoms with van der Waals surface area (Å²) in [5.74, 6) is 0. The van der Waals surface area contributed by atoms with E-state index in [4.69, 9.17) is 8.83 Å². The topological polar surface area (TPSA) is 55.3 Å². The van der Waals surface area contributed by atoms with Crippen LogP contribution in [0.25, 0.3) is 44.1 Å². The molecular weight excluding hydrogens is 410 g/mol. The maximum atomic E-state index is 6.32. The minimum absolute atomic E-state index is 0.638. The first-order valence-corrected chi connectivity index (χ1v) is 10.8. The van der Waals surface area contributed by atoms with Gasteiger partial charge < -0.3 is 13.7 Å². The van der Waals surface area contributed by atoms with Gasteiger partial charge in [-0.1, -0.05) is 30.3 Å². The number of rotatable bonds is 3. The Morgan fingerprint density at radius 2 is 1.39 bits per heavy atom. The third kappa shape index (κ3) is 2.72. The molecule has 33 heavy (non-hydrogen) atoms. The molecule has 0 aliphatic carbocycles. The lowest BCUT2D eigenvalue weighted by molar-refractivity contribution is 0.654. The zero-order valence-electron chi connectivity index (χ0n) is 17.5. The molecule has 4 aromatic heterocycles. The van der Waals surface area contributed by atoms with Crippen LogP contribution in [-0.2, 0) is 0 Å². The molecular formula is C28H17N3O2. The Morgan fingerprint density at radius 3 is 2.33 bits per heavy atom. The first-order chi connectivity index (χ1) is 16.4. The van der Waals surface area contributed by atoms with E-state index in [0.29, 0.717) is 5.71 Å². The van der Waals surface area contributed by atoms with E-state index in [9.17, 15) is 0 Å². The minimum atomic E-state index is 0.638. The van der Waals surface area contributed by atoms with Crippen molar-refractivity contribution in [1.29, 1.82) is 0 Å². The summed E-state index contributed by atoms with van der Waals surface area (Å²) in [7, 11) is 0. The molecule has 0 fully saturated rings. The summed E-state index contributed by atoms with van der Waals surface area (Å²) in [6, 6.07) is 30.4. The molecule has 0 saturated carbocycles. The van der Waals surface area contributed by atoms with Crippen molar-refractivity contribution in [2.24, 2.45) is 0 Å². The highest BCUT2D eigenvalue weighted by Crippen LogP contribution is 2.42. The summed E-state index contributed by atoms with van der Waals surface area (Å²) in [4.78, 5) is 11.2. The Kier molecular flexibility index (Phi) is 3.78. The van der Waals surface area contributed by atoms with Crippen molar-refractivity contribution >= 4 is 61.2 Å². The number of para-hydroxylation sites is 2. The molecule has 0 atom stereocenters. The number of fused-ring (bicyclic) bond motifs is 6. The molecule has 0 N–H and O–H groups in total. The lowest BCUT2D eigenvalue weighted by Crippen LogP contribution is -2.10. The Labute approximate surface area is 188 Å². The highest BCUT2D eigenvalue weighted by molar-refractivity contribution is 6.09. The fourth-order valence-electron chi connectivity index (χ4n) is 4.51. The number of anilines is 3. The average Bonchev–Trinajstić information content (AvgIpc) is 3.44. The SMILES string of the molecule is c1ccc(N(c2ccc3oc4ncccc4c3c2)c2ccnc3c2oc2ccccc23)cc1. The van der Waals surface area contributed by atoms with Crippen LogP contribution in [0.4, 0.5) is 17.1 Å². The molecule has 7 aromatic rings. The van der Waals surface area contributed by atoms with Crippen molar-refractivity contribution in [3.63, 3.8) is 0 Å². The van der Waals surface area contributed by atoms with Crippen LogP contribution in [0.5, 0.6) is 0 Å². The van der Waals surface area contributed by atoms with Crippen LogP contribution >= 0.6 is 0 Å². The third-order valence-corrected chi connectivity index (χ3v) is 5.98. The Hall–Kier alpha value is -4.64. The summed E-state index contributed by atoms with van der Waals surface area (Å²) in [6.07, 6.45) is 3.59. The van der Waals surface area contributed by atoms with Crippen LogP contribution in [0, 0.1) is 0 Å². The summed E-state index contributed by atoms with van der Waals surface area (Å²) >= 11 is 0. The smallest absolute Gasteiger partial charge is 0.227 e. The lowest BCUT2D eigenvalue weighted by Gasteiger charge is -2.25. The summed E-state index contributed by atoms with van der Waals surface area (Å²) in [5, 5.41) is 3.02. The second-order valence-electron chi connectivity index (χ2n) is 7.92. The number of aromatic nitrogens is 2. The Bertz CT molecular complexity index is 1780. The summed E-state index contributed by atoms with van der Waals surface area (Å²) in [5.41, 5.74) is 6.81. The number of hydrogen-bond donors (Lipinski definition) is 0. The first kappa shape index (κ1) is 18.0. The van der Waals surface area contributed by atoms with Crippen molar-refractivity contribution in [1.82, 2.24) is 9.97 Å². The predicted octanol–water partition coefficient (Wildman–Crippen LogP) is 7.75. The maximum Gasteiger partial charge on any atom is 0.227 e. The van der Waals surface area contributed by atoms with Crippen molar-refractivity contribution in [3.05, 3.63) is 103 Å². The number of nitrogens with zero attached hydrogens (tertiary/aromatic N) is 3. The van der Waals surface area contributed by atoms with Gasteiger partial charge in [-0.25, -0.2) is 4.98 Å². The third-order valence-electron chi connectivity index (χ3n) is 5.98. The number of furan rings is 2. The average molecular weight is 427 g/mol.